The first-order valence-corrected chi connectivity index (χ1v) is 10.3. The summed E-state index contributed by atoms with van der Waals surface area (Å²) in [4.78, 5) is 6.14. The third-order valence-electron chi connectivity index (χ3n) is 4.92. The van der Waals surface area contributed by atoms with Gasteiger partial charge in [0.25, 0.3) is 0 Å². The lowest BCUT2D eigenvalue weighted by molar-refractivity contribution is -0.189. The maximum Gasteiger partial charge on any atom is 0.215 e. The van der Waals surface area contributed by atoms with E-state index in [4.69, 9.17) is 37.4 Å². The van der Waals surface area contributed by atoms with Crippen LogP contribution in [0.5, 0.6) is 5.75 Å². The molecule has 158 valence electrons. The minimum absolute atomic E-state index is 0.261. The van der Waals surface area contributed by atoms with Crippen LogP contribution in [0.15, 0.2) is 61.2 Å². The number of benzene rings is 2. The minimum Gasteiger partial charge on any atom is -0.491 e. The Labute approximate surface area is 185 Å². The molecule has 0 spiro atoms. The van der Waals surface area contributed by atoms with Gasteiger partial charge in [0.2, 0.25) is 5.79 Å². The molecule has 2 aromatic carbocycles. The van der Waals surface area contributed by atoms with E-state index in [-0.39, 0.29) is 6.10 Å². The first-order valence-electron chi connectivity index (χ1n) is 9.58. The molecule has 30 heavy (non-hydrogen) atoms. The monoisotopic (exact) mass is 447 g/mol. The molecule has 2 unspecified atom stereocenters. The molecule has 0 aliphatic carbocycles. The Morgan fingerprint density at radius 3 is 2.83 bits per heavy atom. The SMILES string of the molecule is CN(C)c1cccc(OCC2COC(Cn3ccnc3)(c3ccc(Cl)cc3Cl)O2)c1. The lowest BCUT2D eigenvalue weighted by Crippen LogP contribution is -2.34. The van der Waals surface area contributed by atoms with Gasteiger partial charge in [0.15, 0.2) is 0 Å². The molecule has 6 nitrogen and oxygen atoms in total. The zero-order valence-electron chi connectivity index (χ0n) is 16.8. The summed E-state index contributed by atoms with van der Waals surface area (Å²) in [5.41, 5.74) is 1.79. The predicted molar refractivity (Wildman–Crippen MR) is 117 cm³/mol. The Balaban J connectivity index is 1.52. The largest absolute Gasteiger partial charge is 0.491 e. The Kier molecular flexibility index (Phi) is 6.20. The summed E-state index contributed by atoms with van der Waals surface area (Å²) >= 11 is 12.6. The normalized spacial score (nSPS) is 21.0. The van der Waals surface area contributed by atoms with Gasteiger partial charge in [-0.2, -0.15) is 0 Å². The van der Waals surface area contributed by atoms with E-state index in [1.54, 1.807) is 24.7 Å². The van der Waals surface area contributed by atoms with E-state index < -0.39 is 5.79 Å². The topological polar surface area (TPSA) is 48.8 Å². The van der Waals surface area contributed by atoms with Gasteiger partial charge in [-0.1, -0.05) is 35.3 Å². The third kappa shape index (κ3) is 4.57. The van der Waals surface area contributed by atoms with Gasteiger partial charge in [-0.05, 0) is 24.3 Å². The number of anilines is 1. The van der Waals surface area contributed by atoms with E-state index in [1.807, 2.05) is 60.1 Å². The highest BCUT2D eigenvalue weighted by atomic mass is 35.5. The molecule has 1 aliphatic heterocycles. The van der Waals surface area contributed by atoms with Crippen molar-refractivity contribution in [2.75, 3.05) is 32.2 Å². The number of nitrogens with zero attached hydrogens (tertiary/aromatic N) is 3. The molecule has 1 aromatic heterocycles. The third-order valence-corrected chi connectivity index (χ3v) is 5.47. The molecule has 4 rings (SSSR count). The fraction of sp³-hybridized carbons (Fsp3) is 0.318. The van der Waals surface area contributed by atoms with E-state index in [1.165, 1.54) is 0 Å². The first kappa shape index (κ1) is 21.0. The van der Waals surface area contributed by atoms with Crippen molar-refractivity contribution in [3.8, 4) is 5.75 Å². The van der Waals surface area contributed by atoms with E-state index in [2.05, 4.69) is 4.98 Å². The number of aromatic nitrogens is 2. The molecule has 1 saturated heterocycles. The molecule has 0 N–H and O–H groups in total. The quantitative estimate of drug-likeness (QED) is 0.529. The van der Waals surface area contributed by atoms with Crippen molar-refractivity contribution >= 4 is 28.9 Å². The minimum atomic E-state index is -1.05. The summed E-state index contributed by atoms with van der Waals surface area (Å²) in [6, 6.07) is 13.2. The number of hydrogen-bond acceptors (Lipinski definition) is 5. The van der Waals surface area contributed by atoms with Gasteiger partial charge in [0.1, 0.15) is 18.5 Å². The van der Waals surface area contributed by atoms with E-state index in [0.717, 1.165) is 17.0 Å². The zero-order valence-corrected chi connectivity index (χ0v) is 18.3. The highest BCUT2D eigenvalue weighted by Gasteiger charge is 2.45. The van der Waals surface area contributed by atoms with Crippen LogP contribution < -0.4 is 9.64 Å². The van der Waals surface area contributed by atoms with Crippen molar-refractivity contribution in [2.24, 2.45) is 0 Å². The maximum absolute atomic E-state index is 6.50. The van der Waals surface area contributed by atoms with Crippen molar-refractivity contribution < 1.29 is 14.2 Å². The van der Waals surface area contributed by atoms with Crippen LogP contribution in [0.3, 0.4) is 0 Å². The van der Waals surface area contributed by atoms with E-state index in [9.17, 15) is 0 Å². The van der Waals surface area contributed by atoms with Gasteiger partial charge in [0.05, 0.1) is 24.5 Å². The lowest BCUT2D eigenvalue weighted by Gasteiger charge is -2.30. The van der Waals surface area contributed by atoms with Gasteiger partial charge < -0.3 is 23.7 Å². The summed E-state index contributed by atoms with van der Waals surface area (Å²) in [5, 5.41) is 1.04. The lowest BCUT2D eigenvalue weighted by atomic mass is 10.1. The Hall–Kier alpha value is -2.25. The van der Waals surface area contributed by atoms with Gasteiger partial charge in [-0.3, -0.25) is 0 Å². The van der Waals surface area contributed by atoms with E-state index >= 15 is 0 Å². The highest BCUT2D eigenvalue weighted by molar-refractivity contribution is 6.35. The van der Waals surface area contributed by atoms with Gasteiger partial charge in [-0.25, -0.2) is 4.98 Å². The summed E-state index contributed by atoms with van der Waals surface area (Å²) in [6.45, 7) is 1.13. The second-order valence-electron chi connectivity index (χ2n) is 7.37. The van der Waals surface area contributed by atoms with Crippen LogP contribution in [0, 0.1) is 0 Å². The first-order chi connectivity index (χ1) is 14.4. The van der Waals surface area contributed by atoms with Crippen molar-refractivity contribution in [3.05, 3.63) is 76.8 Å². The fourth-order valence-corrected chi connectivity index (χ4v) is 3.97. The molecular formula is C22H23Cl2N3O3. The van der Waals surface area contributed by atoms with Crippen LogP contribution in [-0.4, -0.2) is 43.0 Å². The van der Waals surface area contributed by atoms with Crippen LogP contribution >= 0.6 is 23.2 Å². The summed E-state index contributed by atoms with van der Waals surface area (Å²) in [7, 11) is 3.99. The molecular weight excluding hydrogens is 425 g/mol. The molecule has 2 atom stereocenters. The Morgan fingerprint density at radius 1 is 1.23 bits per heavy atom. The number of hydrogen-bond donors (Lipinski definition) is 0. The predicted octanol–water partition coefficient (Wildman–Crippen LogP) is 4.60. The molecule has 0 bridgehead atoms. The molecule has 0 saturated carbocycles. The van der Waals surface area contributed by atoms with Crippen LogP contribution in [0.1, 0.15) is 5.56 Å². The summed E-state index contributed by atoms with van der Waals surface area (Å²) in [5.74, 6) is -0.275. The second-order valence-corrected chi connectivity index (χ2v) is 8.21. The molecule has 0 radical (unpaired) electrons. The average molecular weight is 448 g/mol. The fourth-order valence-electron chi connectivity index (χ4n) is 3.42. The van der Waals surface area contributed by atoms with Crippen LogP contribution in [0.25, 0.3) is 0 Å². The summed E-state index contributed by atoms with van der Waals surface area (Å²) < 4.78 is 20.5. The standard InChI is InChI=1S/C22H23Cl2N3O3/c1-26(2)17-4-3-5-18(11-17)28-12-19-13-29-22(30-19,14-27-9-8-25-15-27)20-7-6-16(23)10-21(20)24/h3-11,15,19H,12-14H2,1-2H3. The Morgan fingerprint density at radius 2 is 2.10 bits per heavy atom. The Bertz CT molecular complexity index is 997. The van der Waals surface area contributed by atoms with Crippen LogP contribution in [-0.2, 0) is 21.8 Å². The maximum atomic E-state index is 6.50. The second kappa shape index (κ2) is 8.86. The molecule has 1 fully saturated rings. The molecule has 8 heteroatoms. The number of imidazole rings is 1. The average Bonchev–Trinajstić information content (AvgIpc) is 3.37. The summed E-state index contributed by atoms with van der Waals surface area (Å²) in [6.07, 6.45) is 5.03. The van der Waals surface area contributed by atoms with Crippen molar-refractivity contribution in [1.82, 2.24) is 9.55 Å². The number of ether oxygens (including phenoxy) is 3. The van der Waals surface area contributed by atoms with Gasteiger partial charge >= 0.3 is 0 Å². The zero-order chi connectivity index (χ0) is 21.1. The molecule has 1 aliphatic rings. The van der Waals surface area contributed by atoms with E-state index in [0.29, 0.717) is 29.8 Å². The van der Waals surface area contributed by atoms with Crippen molar-refractivity contribution in [2.45, 2.75) is 18.4 Å². The highest BCUT2D eigenvalue weighted by Crippen LogP contribution is 2.40. The molecule has 0 amide bonds. The van der Waals surface area contributed by atoms with Crippen molar-refractivity contribution in [1.29, 1.82) is 0 Å². The number of rotatable bonds is 7. The molecule has 2 heterocycles. The molecule has 3 aromatic rings. The van der Waals surface area contributed by atoms with Gasteiger partial charge in [-0.15, -0.1) is 0 Å². The van der Waals surface area contributed by atoms with Crippen LogP contribution in [0.2, 0.25) is 10.0 Å². The van der Waals surface area contributed by atoms with Gasteiger partial charge in [0, 0.05) is 48.8 Å². The smallest absolute Gasteiger partial charge is 0.215 e. The van der Waals surface area contributed by atoms with Crippen molar-refractivity contribution in [3.63, 3.8) is 0 Å². The van der Waals surface area contributed by atoms with Crippen LogP contribution in [0.4, 0.5) is 5.69 Å². The number of halogens is 2.